The summed E-state index contributed by atoms with van der Waals surface area (Å²) in [4.78, 5) is 20.6. The summed E-state index contributed by atoms with van der Waals surface area (Å²) in [6, 6.07) is 12.3. The average Bonchev–Trinajstić information content (AvgIpc) is 3.55. The number of hydrogen-bond donors (Lipinski definition) is 1. The van der Waals surface area contributed by atoms with Crippen molar-refractivity contribution in [2.45, 2.75) is 36.3 Å². The van der Waals surface area contributed by atoms with Crippen LogP contribution in [0.3, 0.4) is 0 Å². The van der Waals surface area contributed by atoms with Crippen molar-refractivity contribution >= 4 is 38.2 Å². The second kappa shape index (κ2) is 8.19. The molecular weight excluding hydrogens is 463 g/mol. The Morgan fingerprint density at radius 1 is 1.09 bits per heavy atom. The lowest BCUT2D eigenvalue weighted by molar-refractivity contribution is 0.248. The van der Waals surface area contributed by atoms with E-state index in [2.05, 4.69) is 4.98 Å². The number of sulfonamides is 1. The molecule has 10 heteroatoms. The standard InChI is InChI=1S/C23H23FN4O3S2/c1-14-21(33(25,30)31)32-22(26-14)28-12-2-11-27(23(28)29)18-8-5-16(6-9-18)19-13-17(15-3-4-15)7-10-20(19)24/h5-10,13,15H,2-4,11-12H2,1H3,(H2,25,30,31). The van der Waals surface area contributed by atoms with Gasteiger partial charge in [0, 0.05) is 24.3 Å². The van der Waals surface area contributed by atoms with E-state index in [1.807, 2.05) is 36.4 Å². The maximum absolute atomic E-state index is 14.5. The van der Waals surface area contributed by atoms with Gasteiger partial charge in [-0.3, -0.25) is 9.80 Å². The third-order valence-electron chi connectivity index (χ3n) is 5.99. The molecule has 2 aliphatic rings. The molecule has 2 amide bonds. The van der Waals surface area contributed by atoms with Crippen LogP contribution in [0.1, 0.15) is 36.4 Å². The number of urea groups is 1. The summed E-state index contributed by atoms with van der Waals surface area (Å²) in [6.07, 6.45) is 2.98. The first-order valence-electron chi connectivity index (χ1n) is 10.7. The molecule has 0 bridgehead atoms. The summed E-state index contributed by atoms with van der Waals surface area (Å²) < 4.78 is 38.0. The van der Waals surface area contributed by atoms with Crippen LogP contribution in [0, 0.1) is 12.7 Å². The molecule has 3 aromatic rings. The molecule has 0 unspecified atom stereocenters. The largest absolute Gasteiger partial charge is 0.330 e. The molecule has 0 atom stereocenters. The van der Waals surface area contributed by atoms with Crippen LogP contribution in [-0.4, -0.2) is 32.5 Å². The molecule has 0 spiro atoms. The van der Waals surface area contributed by atoms with Crippen molar-refractivity contribution in [2.24, 2.45) is 5.14 Å². The van der Waals surface area contributed by atoms with Crippen molar-refractivity contribution in [1.29, 1.82) is 0 Å². The molecule has 172 valence electrons. The summed E-state index contributed by atoms with van der Waals surface area (Å²) in [7, 11) is -3.90. The van der Waals surface area contributed by atoms with Crippen molar-refractivity contribution in [3.63, 3.8) is 0 Å². The Morgan fingerprint density at radius 2 is 1.79 bits per heavy atom. The minimum atomic E-state index is -3.90. The number of carbonyl (C=O) groups is 1. The topological polar surface area (TPSA) is 96.6 Å². The zero-order valence-corrected chi connectivity index (χ0v) is 19.6. The average molecular weight is 487 g/mol. The summed E-state index contributed by atoms with van der Waals surface area (Å²) in [5.41, 5.74) is 3.45. The van der Waals surface area contributed by atoms with E-state index in [0.717, 1.165) is 35.3 Å². The monoisotopic (exact) mass is 486 g/mol. The molecule has 7 nitrogen and oxygen atoms in total. The molecule has 1 saturated heterocycles. The number of anilines is 2. The lowest BCUT2D eigenvalue weighted by atomic mass is 10.00. The SMILES string of the molecule is Cc1nc(N2CCCN(c3ccc(-c4cc(C5CC5)ccc4F)cc3)C2=O)sc1S(N)(=O)=O. The fraction of sp³-hybridized carbons (Fsp3) is 0.304. The number of hydrogen-bond acceptors (Lipinski definition) is 5. The fourth-order valence-corrected chi connectivity index (χ4v) is 6.11. The first-order valence-corrected chi connectivity index (χ1v) is 13.1. The lowest BCUT2D eigenvalue weighted by Gasteiger charge is -2.34. The van der Waals surface area contributed by atoms with Gasteiger partial charge >= 0.3 is 6.03 Å². The Morgan fingerprint density at radius 3 is 2.42 bits per heavy atom. The van der Waals surface area contributed by atoms with Gasteiger partial charge in [-0.05, 0) is 67.5 Å². The van der Waals surface area contributed by atoms with Gasteiger partial charge in [0.05, 0.1) is 5.69 Å². The van der Waals surface area contributed by atoms with E-state index in [0.29, 0.717) is 41.8 Å². The zero-order chi connectivity index (χ0) is 23.3. The molecule has 1 aliphatic heterocycles. The van der Waals surface area contributed by atoms with Gasteiger partial charge in [0.15, 0.2) is 9.34 Å². The van der Waals surface area contributed by atoms with Gasteiger partial charge in [-0.25, -0.2) is 27.7 Å². The van der Waals surface area contributed by atoms with Crippen LogP contribution >= 0.6 is 11.3 Å². The number of primary sulfonamides is 1. The van der Waals surface area contributed by atoms with Crippen LogP contribution in [0.25, 0.3) is 11.1 Å². The van der Waals surface area contributed by atoms with Crippen LogP contribution in [0.5, 0.6) is 0 Å². The first-order chi connectivity index (χ1) is 15.7. The predicted molar refractivity (Wildman–Crippen MR) is 127 cm³/mol. The predicted octanol–water partition coefficient (Wildman–Crippen LogP) is 4.62. The third kappa shape index (κ3) is 4.25. The van der Waals surface area contributed by atoms with E-state index in [4.69, 9.17) is 5.14 Å². The Kier molecular flexibility index (Phi) is 5.46. The summed E-state index contributed by atoms with van der Waals surface area (Å²) in [5, 5.41) is 5.56. The van der Waals surface area contributed by atoms with Gasteiger partial charge in [0.1, 0.15) is 5.82 Å². The minimum absolute atomic E-state index is 0.0396. The molecule has 1 saturated carbocycles. The van der Waals surface area contributed by atoms with Gasteiger partial charge in [-0.2, -0.15) is 0 Å². The zero-order valence-electron chi connectivity index (χ0n) is 18.0. The first kappa shape index (κ1) is 22.0. The van der Waals surface area contributed by atoms with Crippen LogP contribution in [0.4, 0.5) is 20.0 Å². The number of amides is 2. The second-order valence-corrected chi connectivity index (χ2v) is 11.1. The highest BCUT2D eigenvalue weighted by Gasteiger charge is 2.31. The normalized spacial score (nSPS) is 17.0. The maximum Gasteiger partial charge on any atom is 0.330 e. The van der Waals surface area contributed by atoms with Gasteiger partial charge in [0.25, 0.3) is 0 Å². The molecule has 2 fully saturated rings. The number of halogens is 1. The Labute approximate surface area is 195 Å². The van der Waals surface area contributed by atoms with Gasteiger partial charge < -0.3 is 0 Å². The van der Waals surface area contributed by atoms with E-state index in [1.54, 1.807) is 11.8 Å². The highest BCUT2D eigenvalue weighted by Crippen LogP contribution is 2.42. The van der Waals surface area contributed by atoms with Crippen molar-refractivity contribution in [2.75, 3.05) is 22.9 Å². The van der Waals surface area contributed by atoms with Gasteiger partial charge in [-0.15, -0.1) is 0 Å². The number of thiazole rings is 1. The Bertz CT molecular complexity index is 1330. The Balaban J connectivity index is 1.40. The molecule has 0 radical (unpaired) electrons. The van der Waals surface area contributed by atoms with Crippen LogP contribution < -0.4 is 14.9 Å². The molecule has 1 aliphatic carbocycles. The number of carbonyl (C=O) groups excluding carboxylic acids is 1. The summed E-state index contributed by atoms with van der Waals surface area (Å²) >= 11 is 0.897. The van der Waals surface area contributed by atoms with Crippen LogP contribution in [-0.2, 0) is 10.0 Å². The summed E-state index contributed by atoms with van der Waals surface area (Å²) in [5.74, 6) is 0.266. The third-order valence-corrected chi connectivity index (χ3v) is 8.72. The van der Waals surface area contributed by atoms with Gasteiger partial charge in [-0.1, -0.05) is 29.5 Å². The van der Waals surface area contributed by atoms with E-state index in [-0.39, 0.29) is 21.8 Å². The smallest absolute Gasteiger partial charge is 0.294 e. The molecule has 5 rings (SSSR count). The highest BCUT2D eigenvalue weighted by molar-refractivity contribution is 7.91. The van der Waals surface area contributed by atoms with E-state index >= 15 is 0 Å². The molecule has 2 aromatic carbocycles. The second-order valence-electron chi connectivity index (χ2n) is 8.41. The Hall–Kier alpha value is -2.82. The minimum Gasteiger partial charge on any atom is -0.294 e. The molecule has 33 heavy (non-hydrogen) atoms. The summed E-state index contributed by atoms with van der Waals surface area (Å²) in [6.45, 7) is 2.51. The van der Waals surface area contributed by atoms with Crippen molar-refractivity contribution in [3.8, 4) is 11.1 Å². The fourth-order valence-electron chi connectivity index (χ4n) is 4.14. The molecule has 2 heterocycles. The molecule has 2 N–H and O–H groups in total. The van der Waals surface area contributed by atoms with Crippen molar-refractivity contribution in [3.05, 3.63) is 59.5 Å². The number of nitrogens with zero attached hydrogens (tertiary/aromatic N) is 3. The number of nitrogens with two attached hydrogens (primary N) is 1. The van der Waals surface area contributed by atoms with Crippen LogP contribution in [0.15, 0.2) is 46.7 Å². The number of benzene rings is 2. The van der Waals surface area contributed by atoms with Crippen molar-refractivity contribution in [1.82, 2.24) is 4.98 Å². The molecular formula is C23H23FN4O3S2. The van der Waals surface area contributed by atoms with E-state index in [9.17, 15) is 17.6 Å². The number of rotatable bonds is 5. The van der Waals surface area contributed by atoms with E-state index < -0.39 is 10.0 Å². The number of aryl methyl sites for hydroxylation is 1. The quantitative estimate of drug-likeness (QED) is 0.569. The number of aromatic nitrogens is 1. The maximum atomic E-state index is 14.5. The van der Waals surface area contributed by atoms with Crippen LogP contribution in [0.2, 0.25) is 0 Å². The van der Waals surface area contributed by atoms with Gasteiger partial charge in [0.2, 0.25) is 10.0 Å². The van der Waals surface area contributed by atoms with E-state index in [1.165, 1.54) is 11.0 Å². The van der Waals surface area contributed by atoms with Crippen molar-refractivity contribution < 1.29 is 17.6 Å². The lowest BCUT2D eigenvalue weighted by Crippen LogP contribution is -2.49. The highest BCUT2D eigenvalue weighted by atomic mass is 32.2. The molecule has 1 aromatic heterocycles.